The van der Waals surface area contributed by atoms with Gasteiger partial charge in [0.05, 0.1) is 12.1 Å². The van der Waals surface area contributed by atoms with Crippen molar-refractivity contribution in [2.45, 2.75) is 58.5 Å². The van der Waals surface area contributed by atoms with E-state index >= 15 is 0 Å². The van der Waals surface area contributed by atoms with E-state index in [1.165, 1.54) is 38.4 Å². The molecule has 0 unspecified atom stereocenters. The Morgan fingerprint density at radius 3 is 2.70 bits per heavy atom. The first kappa shape index (κ1) is 15.1. The van der Waals surface area contributed by atoms with E-state index in [-0.39, 0.29) is 5.56 Å². The molecule has 1 N–H and O–H groups in total. The van der Waals surface area contributed by atoms with Gasteiger partial charge in [-0.3, -0.25) is 4.90 Å². The van der Waals surface area contributed by atoms with Crippen LogP contribution >= 0.6 is 0 Å². The molecular formula is C16H25NO3. The van der Waals surface area contributed by atoms with Crippen molar-refractivity contribution in [3.05, 3.63) is 23.7 Å². The van der Waals surface area contributed by atoms with Crippen molar-refractivity contribution in [1.82, 2.24) is 4.90 Å². The number of rotatable bonds is 7. The summed E-state index contributed by atoms with van der Waals surface area (Å²) >= 11 is 0. The summed E-state index contributed by atoms with van der Waals surface area (Å²) < 4.78 is 5.40. The lowest BCUT2D eigenvalue weighted by atomic mass is 10.1. The second kappa shape index (κ2) is 6.93. The number of hydrogen-bond donors (Lipinski definition) is 1. The smallest absolute Gasteiger partial charge is 0.338 e. The Labute approximate surface area is 120 Å². The number of carboxylic acids is 1. The van der Waals surface area contributed by atoms with Crippen LogP contribution in [0.2, 0.25) is 0 Å². The highest BCUT2D eigenvalue weighted by molar-refractivity contribution is 5.87. The van der Waals surface area contributed by atoms with Crippen molar-refractivity contribution in [2.24, 2.45) is 5.92 Å². The zero-order valence-electron chi connectivity index (χ0n) is 12.5. The Morgan fingerprint density at radius 2 is 2.15 bits per heavy atom. The molecule has 0 atom stereocenters. The van der Waals surface area contributed by atoms with Gasteiger partial charge in [-0.25, -0.2) is 4.79 Å². The standard InChI is InChI=1S/C16H25NO3/c1-12(2)7-8-17(14-5-3-4-6-14)10-15-9-13(11-20-15)16(18)19/h9,11-12,14H,3-8,10H2,1-2H3,(H,18,19). The van der Waals surface area contributed by atoms with Gasteiger partial charge in [0.25, 0.3) is 0 Å². The lowest BCUT2D eigenvalue weighted by molar-refractivity contribution is 0.0696. The number of aromatic carboxylic acids is 1. The van der Waals surface area contributed by atoms with Crippen LogP contribution in [-0.4, -0.2) is 28.6 Å². The van der Waals surface area contributed by atoms with Gasteiger partial charge in [-0.1, -0.05) is 26.7 Å². The van der Waals surface area contributed by atoms with Crippen molar-refractivity contribution < 1.29 is 14.3 Å². The van der Waals surface area contributed by atoms with Gasteiger partial charge in [-0.05, 0) is 37.8 Å². The van der Waals surface area contributed by atoms with Crippen LogP contribution in [0.25, 0.3) is 0 Å². The number of furan rings is 1. The van der Waals surface area contributed by atoms with E-state index in [9.17, 15) is 4.79 Å². The summed E-state index contributed by atoms with van der Waals surface area (Å²) in [6.07, 6.45) is 7.63. The van der Waals surface area contributed by atoms with Crippen LogP contribution in [0, 0.1) is 5.92 Å². The molecule has 1 aliphatic carbocycles. The maximum Gasteiger partial charge on any atom is 0.338 e. The quantitative estimate of drug-likeness (QED) is 0.825. The van der Waals surface area contributed by atoms with Gasteiger partial charge in [0.1, 0.15) is 12.0 Å². The zero-order valence-corrected chi connectivity index (χ0v) is 12.5. The molecule has 1 aromatic heterocycles. The van der Waals surface area contributed by atoms with Crippen molar-refractivity contribution in [3.63, 3.8) is 0 Å². The molecule has 4 nitrogen and oxygen atoms in total. The highest BCUT2D eigenvalue weighted by Gasteiger charge is 2.23. The Morgan fingerprint density at radius 1 is 1.45 bits per heavy atom. The molecule has 0 amide bonds. The van der Waals surface area contributed by atoms with E-state index in [0.29, 0.717) is 12.0 Å². The molecule has 0 aliphatic heterocycles. The van der Waals surface area contributed by atoms with E-state index in [1.807, 2.05) is 0 Å². The Hall–Kier alpha value is -1.29. The van der Waals surface area contributed by atoms with Gasteiger partial charge in [-0.15, -0.1) is 0 Å². The highest BCUT2D eigenvalue weighted by atomic mass is 16.4. The minimum absolute atomic E-state index is 0.246. The number of carbonyl (C=O) groups is 1. The summed E-state index contributed by atoms with van der Waals surface area (Å²) in [5, 5.41) is 8.95. The molecule has 4 heteroatoms. The highest BCUT2D eigenvalue weighted by Crippen LogP contribution is 2.26. The fourth-order valence-electron chi connectivity index (χ4n) is 2.86. The monoisotopic (exact) mass is 279 g/mol. The van der Waals surface area contributed by atoms with Gasteiger partial charge in [0.2, 0.25) is 0 Å². The van der Waals surface area contributed by atoms with Crippen LogP contribution < -0.4 is 0 Å². The molecule has 0 radical (unpaired) electrons. The lowest BCUT2D eigenvalue weighted by Gasteiger charge is -2.28. The van der Waals surface area contributed by atoms with Crippen LogP contribution in [0.3, 0.4) is 0 Å². The minimum atomic E-state index is -0.922. The lowest BCUT2D eigenvalue weighted by Crippen LogP contribution is -2.34. The largest absolute Gasteiger partial charge is 0.478 e. The van der Waals surface area contributed by atoms with Crippen molar-refractivity contribution >= 4 is 5.97 Å². The molecule has 1 saturated carbocycles. The molecule has 0 saturated heterocycles. The molecular weight excluding hydrogens is 254 g/mol. The van der Waals surface area contributed by atoms with E-state index in [1.54, 1.807) is 6.07 Å². The molecule has 1 aliphatic rings. The van der Waals surface area contributed by atoms with Crippen LogP contribution in [0.1, 0.15) is 62.1 Å². The average molecular weight is 279 g/mol. The number of nitrogens with zero attached hydrogens (tertiary/aromatic N) is 1. The van der Waals surface area contributed by atoms with Crippen LogP contribution in [0.4, 0.5) is 0 Å². The third kappa shape index (κ3) is 4.10. The molecule has 1 aromatic rings. The van der Waals surface area contributed by atoms with Gasteiger partial charge < -0.3 is 9.52 Å². The summed E-state index contributed by atoms with van der Waals surface area (Å²) in [6.45, 7) is 6.26. The van der Waals surface area contributed by atoms with E-state index < -0.39 is 5.97 Å². The van der Waals surface area contributed by atoms with Crippen molar-refractivity contribution in [3.8, 4) is 0 Å². The Kier molecular flexibility index (Phi) is 5.24. The molecule has 20 heavy (non-hydrogen) atoms. The fraction of sp³-hybridized carbons (Fsp3) is 0.688. The van der Waals surface area contributed by atoms with Crippen molar-refractivity contribution in [2.75, 3.05) is 6.54 Å². The average Bonchev–Trinajstić information content (AvgIpc) is 3.05. The van der Waals surface area contributed by atoms with Crippen molar-refractivity contribution in [1.29, 1.82) is 0 Å². The number of carboxylic acid groups (broad SMARTS) is 1. The molecule has 0 aromatic carbocycles. The molecule has 1 heterocycles. The predicted molar refractivity (Wildman–Crippen MR) is 77.8 cm³/mol. The maximum absolute atomic E-state index is 10.9. The number of hydrogen-bond acceptors (Lipinski definition) is 3. The van der Waals surface area contributed by atoms with Crippen LogP contribution in [0.5, 0.6) is 0 Å². The third-order valence-corrected chi connectivity index (χ3v) is 4.09. The fourth-order valence-corrected chi connectivity index (χ4v) is 2.86. The first-order valence-electron chi connectivity index (χ1n) is 7.61. The summed E-state index contributed by atoms with van der Waals surface area (Å²) in [5.41, 5.74) is 0.246. The first-order valence-corrected chi connectivity index (χ1v) is 7.61. The summed E-state index contributed by atoms with van der Waals surface area (Å²) in [6, 6.07) is 2.28. The summed E-state index contributed by atoms with van der Waals surface area (Å²) in [5.74, 6) is 0.526. The minimum Gasteiger partial charge on any atom is -0.478 e. The molecule has 0 spiro atoms. The molecule has 2 rings (SSSR count). The Balaban J connectivity index is 1.99. The third-order valence-electron chi connectivity index (χ3n) is 4.09. The molecule has 112 valence electrons. The van der Waals surface area contributed by atoms with Gasteiger partial charge >= 0.3 is 5.97 Å². The normalized spacial score (nSPS) is 16.4. The Bertz CT molecular complexity index is 433. The van der Waals surface area contributed by atoms with Crippen LogP contribution in [-0.2, 0) is 6.54 Å². The van der Waals surface area contributed by atoms with E-state index in [4.69, 9.17) is 9.52 Å². The summed E-state index contributed by atoms with van der Waals surface area (Å²) in [7, 11) is 0. The second-order valence-electron chi connectivity index (χ2n) is 6.20. The second-order valence-corrected chi connectivity index (χ2v) is 6.20. The van der Waals surface area contributed by atoms with Gasteiger partial charge in [-0.2, -0.15) is 0 Å². The predicted octanol–water partition coefficient (Wildman–Crippen LogP) is 3.77. The molecule has 1 fully saturated rings. The maximum atomic E-state index is 10.9. The van der Waals surface area contributed by atoms with Gasteiger partial charge in [0, 0.05) is 6.04 Å². The van der Waals surface area contributed by atoms with Gasteiger partial charge in [0.15, 0.2) is 0 Å². The SMILES string of the molecule is CC(C)CCN(Cc1cc(C(=O)O)co1)C1CCCC1. The molecule has 0 bridgehead atoms. The first-order chi connectivity index (χ1) is 9.56. The summed E-state index contributed by atoms with van der Waals surface area (Å²) in [4.78, 5) is 13.4. The zero-order chi connectivity index (χ0) is 14.5. The topological polar surface area (TPSA) is 53.7 Å². The van der Waals surface area contributed by atoms with Crippen LogP contribution in [0.15, 0.2) is 16.7 Å². The van der Waals surface area contributed by atoms with E-state index in [0.717, 1.165) is 18.8 Å². The van der Waals surface area contributed by atoms with E-state index in [2.05, 4.69) is 18.7 Å².